The Labute approximate surface area is 129 Å². The van der Waals surface area contributed by atoms with Crippen molar-refractivity contribution in [3.8, 4) is 0 Å². The van der Waals surface area contributed by atoms with Gasteiger partial charge in [0.15, 0.2) is 0 Å². The summed E-state index contributed by atoms with van der Waals surface area (Å²) in [6.07, 6.45) is 7.39. The number of aromatic nitrogens is 1. The summed E-state index contributed by atoms with van der Waals surface area (Å²) >= 11 is 7.85. The van der Waals surface area contributed by atoms with Crippen LogP contribution in [-0.4, -0.2) is 28.4 Å². The van der Waals surface area contributed by atoms with E-state index in [1.165, 1.54) is 12.8 Å². The van der Waals surface area contributed by atoms with Gasteiger partial charge in [0.05, 0.1) is 0 Å². The number of carbonyl (C=O) groups is 1. The third-order valence-corrected chi connectivity index (χ3v) is 5.05. The molecule has 0 radical (unpaired) electrons. The van der Waals surface area contributed by atoms with Crippen molar-refractivity contribution in [1.29, 1.82) is 0 Å². The van der Waals surface area contributed by atoms with Crippen LogP contribution in [0.3, 0.4) is 0 Å². The van der Waals surface area contributed by atoms with Gasteiger partial charge in [-0.25, -0.2) is 4.98 Å². The van der Waals surface area contributed by atoms with Gasteiger partial charge >= 0.3 is 0 Å². The number of carbonyl (C=O) groups excluding carboxylic acids is 1. The summed E-state index contributed by atoms with van der Waals surface area (Å²) in [5.74, 6) is -0.0300. The zero-order valence-corrected chi connectivity index (χ0v) is 13.6. The van der Waals surface area contributed by atoms with Crippen LogP contribution in [0.5, 0.6) is 0 Å². The smallest absolute Gasteiger partial charge is 0.251 e. The molecule has 0 bridgehead atoms. The topological polar surface area (TPSA) is 42.0 Å². The number of pyridine rings is 1. The van der Waals surface area contributed by atoms with Crippen molar-refractivity contribution in [3.05, 3.63) is 28.5 Å². The van der Waals surface area contributed by atoms with Crippen LogP contribution >= 0.6 is 23.4 Å². The van der Waals surface area contributed by atoms with Crippen LogP contribution in [0.1, 0.15) is 48.7 Å². The Hall–Kier alpha value is -0.740. The molecule has 1 aliphatic rings. The molecule has 3 nitrogen and oxygen atoms in total. The second kappa shape index (κ2) is 7.32. The summed E-state index contributed by atoms with van der Waals surface area (Å²) in [6.45, 7) is 2.09. The first-order valence-electron chi connectivity index (χ1n) is 7.14. The average Bonchev–Trinajstić information content (AvgIpc) is 2.85. The Balaban J connectivity index is 2.08. The number of nitrogens with one attached hydrogen (secondary N) is 1. The first-order chi connectivity index (χ1) is 9.63. The van der Waals surface area contributed by atoms with Gasteiger partial charge in [-0.2, -0.15) is 11.8 Å². The van der Waals surface area contributed by atoms with E-state index in [0.29, 0.717) is 16.0 Å². The molecule has 1 heterocycles. The number of thioether (sulfide) groups is 1. The number of aryl methyl sites for hydroxylation is 1. The molecule has 1 amide bonds. The molecular formula is C15H21ClN2OS. The molecule has 1 aromatic rings. The van der Waals surface area contributed by atoms with Crippen molar-refractivity contribution in [3.63, 3.8) is 0 Å². The molecule has 110 valence electrons. The van der Waals surface area contributed by atoms with Crippen molar-refractivity contribution < 1.29 is 4.79 Å². The van der Waals surface area contributed by atoms with E-state index < -0.39 is 0 Å². The quantitative estimate of drug-likeness (QED) is 0.843. The Morgan fingerprint density at radius 1 is 1.50 bits per heavy atom. The molecule has 2 atom stereocenters. The molecule has 0 saturated heterocycles. The molecule has 0 spiro atoms. The van der Waals surface area contributed by atoms with E-state index >= 15 is 0 Å². The van der Waals surface area contributed by atoms with E-state index in [4.69, 9.17) is 11.6 Å². The van der Waals surface area contributed by atoms with Crippen LogP contribution < -0.4 is 5.32 Å². The van der Waals surface area contributed by atoms with Crippen molar-refractivity contribution in [1.82, 2.24) is 10.3 Å². The maximum atomic E-state index is 12.4. The second-order valence-electron chi connectivity index (χ2n) is 5.20. The van der Waals surface area contributed by atoms with Gasteiger partial charge in [0, 0.05) is 22.5 Å². The van der Waals surface area contributed by atoms with E-state index in [0.717, 1.165) is 25.0 Å². The second-order valence-corrected chi connectivity index (χ2v) is 6.67. The summed E-state index contributed by atoms with van der Waals surface area (Å²) in [5.41, 5.74) is 1.51. The number of halogens is 1. The van der Waals surface area contributed by atoms with E-state index in [2.05, 4.69) is 23.5 Å². The highest BCUT2D eigenvalue weighted by Crippen LogP contribution is 2.28. The molecule has 1 N–H and O–H groups in total. The number of hydrogen-bond donors (Lipinski definition) is 1. The molecule has 0 aliphatic heterocycles. The van der Waals surface area contributed by atoms with Gasteiger partial charge in [-0.1, -0.05) is 31.4 Å². The largest absolute Gasteiger partial charge is 0.348 e. The van der Waals surface area contributed by atoms with Crippen LogP contribution in [0.4, 0.5) is 0 Å². The molecule has 5 heteroatoms. The lowest BCUT2D eigenvalue weighted by molar-refractivity contribution is 0.0938. The number of rotatable bonds is 5. The first-order valence-corrected chi connectivity index (χ1v) is 8.80. The third-order valence-electron chi connectivity index (χ3n) is 3.69. The summed E-state index contributed by atoms with van der Waals surface area (Å²) in [4.78, 5) is 16.6. The Kier molecular flexibility index (Phi) is 5.73. The van der Waals surface area contributed by atoms with Gasteiger partial charge in [0.25, 0.3) is 5.91 Å². The van der Waals surface area contributed by atoms with Crippen molar-refractivity contribution in [2.45, 2.75) is 50.3 Å². The lowest BCUT2D eigenvalue weighted by Gasteiger charge is -2.19. The van der Waals surface area contributed by atoms with E-state index in [1.807, 2.05) is 17.8 Å². The average molecular weight is 313 g/mol. The van der Waals surface area contributed by atoms with Crippen molar-refractivity contribution in [2.24, 2.45) is 0 Å². The molecule has 1 fully saturated rings. The number of hydrogen-bond acceptors (Lipinski definition) is 3. The Morgan fingerprint density at radius 2 is 2.30 bits per heavy atom. The van der Waals surface area contributed by atoms with Crippen LogP contribution in [0.15, 0.2) is 12.1 Å². The number of amides is 1. The molecule has 1 aromatic heterocycles. The fourth-order valence-electron chi connectivity index (χ4n) is 2.69. The summed E-state index contributed by atoms with van der Waals surface area (Å²) in [7, 11) is 0. The highest BCUT2D eigenvalue weighted by Gasteiger charge is 2.28. The fraction of sp³-hybridized carbons (Fsp3) is 0.600. The van der Waals surface area contributed by atoms with Crippen molar-refractivity contribution >= 4 is 29.3 Å². The van der Waals surface area contributed by atoms with Gasteiger partial charge in [-0.15, -0.1) is 0 Å². The van der Waals surface area contributed by atoms with Crippen molar-refractivity contribution in [2.75, 3.05) is 6.26 Å². The highest BCUT2D eigenvalue weighted by molar-refractivity contribution is 7.99. The Morgan fingerprint density at radius 3 is 3.00 bits per heavy atom. The monoisotopic (exact) mass is 312 g/mol. The summed E-state index contributed by atoms with van der Waals surface area (Å²) < 4.78 is 0. The molecule has 20 heavy (non-hydrogen) atoms. The minimum Gasteiger partial charge on any atom is -0.348 e. The fourth-order valence-corrected chi connectivity index (χ4v) is 3.85. The Bertz CT molecular complexity index is 481. The van der Waals surface area contributed by atoms with Gasteiger partial charge < -0.3 is 5.32 Å². The van der Waals surface area contributed by atoms with Crippen LogP contribution in [-0.2, 0) is 6.42 Å². The van der Waals surface area contributed by atoms with E-state index in [-0.39, 0.29) is 11.9 Å². The summed E-state index contributed by atoms with van der Waals surface area (Å²) in [5, 5.41) is 4.08. The molecule has 2 rings (SSSR count). The minimum absolute atomic E-state index is 0.0300. The van der Waals surface area contributed by atoms with Gasteiger partial charge in [0.2, 0.25) is 0 Å². The van der Waals surface area contributed by atoms with Gasteiger partial charge in [0.1, 0.15) is 5.15 Å². The van der Waals surface area contributed by atoms with Crippen LogP contribution in [0.25, 0.3) is 0 Å². The third kappa shape index (κ3) is 3.89. The van der Waals surface area contributed by atoms with Crippen LogP contribution in [0, 0.1) is 0 Å². The lowest BCUT2D eigenvalue weighted by Crippen LogP contribution is -2.38. The molecule has 0 aromatic carbocycles. The zero-order chi connectivity index (χ0) is 14.5. The normalized spacial score (nSPS) is 21.9. The van der Waals surface area contributed by atoms with Gasteiger partial charge in [-0.05, 0) is 37.7 Å². The lowest BCUT2D eigenvalue weighted by atomic mass is 10.1. The predicted octanol–water partition coefficient (Wildman–Crippen LogP) is 3.70. The van der Waals surface area contributed by atoms with E-state index in [9.17, 15) is 4.79 Å². The SMILES string of the molecule is CCCc1cc(C(=O)NC2CCCC2SC)cc(Cl)n1. The molecule has 1 saturated carbocycles. The first kappa shape index (κ1) is 15.6. The highest BCUT2D eigenvalue weighted by atomic mass is 35.5. The molecule has 2 unspecified atom stereocenters. The zero-order valence-electron chi connectivity index (χ0n) is 12.0. The van der Waals surface area contributed by atoms with E-state index in [1.54, 1.807) is 6.07 Å². The van der Waals surface area contributed by atoms with Crippen LogP contribution in [0.2, 0.25) is 5.15 Å². The maximum Gasteiger partial charge on any atom is 0.251 e. The van der Waals surface area contributed by atoms with Gasteiger partial charge in [-0.3, -0.25) is 4.79 Å². The number of nitrogens with zero attached hydrogens (tertiary/aromatic N) is 1. The maximum absolute atomic E-state index is 12.4. The molecule has 1 aliphatic carbocycles. The summed E-state index contributed by atoms with van der Waals surface area (Å²) in [6, 6.07) is 3.78. The molecular weight excluding hydrogens is 292 g/mol. The predicted molar refractivity (Wildman–Crippen MR) is 85.7 cm³/mol. The standard InChI is InChI=1S/C15H21ClN2OS/c1-3-5-11-8-10(9-14(16)17-11)15(19)18-12-6-4-7-13(12)20-2/h8-9,12-13H,3-7H2,1-2H3,(H,18,19). The minimum atomic E-state index is -0.0300.